The molecule has 2 atom stereocenters. The van der Waals surface area contributed by atoms with E-state index in [0.29, 0.717) is 28.8 Å². The van der Waals surface area contributed by atoms with Crippen LogP contribution in [0.1, 0.15) is 41.5 Å². The number of aryl methyl sites for hydroxylation is 1. The third-order valence-corrected chi connectivity index (χ3v) is 5.88. The second kappa shape index (κ2) is 7.73. The van der Waals surface area contributed by atoms with Crippen molar-refractivity contribution in [2.24, 2.45) is 0 Å². The van der Waals surface area contributed by atoms with Gasteiger partial charge in [0.15, 0.2) is 5.65 Å². The Morgan fingerprint density at radius 3 is 2.83 bits per heavy atom. The van der Waals surface area contributed by atoms with Gasteiger partial charge in [-0.05, 0) is 32.4 Å². The molecule has 1 unspecified atom stereocenters. The highest BCUT2D eigenvalue weighted by molar-refractivity contribution is 6.31. The van der Waals surface area contributed by atoms with Gasteiger partial charge in [0.1, 0.15) is 30.6 Å². The van der Waals surface area contributed by atoms with E-state index in [-0.39, 0.29) is 24.7 Å². The highest BCUT2D eigenvalue weighted by Crippen LogP contribution is 2.42. The van der Waals surface area contributed by atoms with Crippen LogP contribution >= 0.6 is 11.6 Å². The molecule has 3 aromatic rings. The molecule has 1 saturated heterocycles. The number of amides is 1. The third kappa shape index (κ3) is 3.23. The van der Waals surface area contributed by atoms with Crippen molar-refractivity contribution in [2.45, 2.75) is 32.9 Å². The van der Waals surface area contributed by atoms with Gasteiger partial charge >= 0.3 is 0 Å². The molecule has 10 heteroatoms. The maximum Gasteiger partial charge on any atom is 0.246 e. The van der Waals surface area contributed by atoms with Crippen LogP contribution in [0.5, 0.6) is 5.75 Å². The number of halogens is 1. The van der Waals surface area contributed by atoms with Crippen LogP contribution in [-0.2, 0) is 9.53 Å². The van der Waals surface area contributed by atoms with E-state index < -0.39 is 0 Å². The number of morpholine rings is 1. The summed E-state index contributed by atoms with van der Waals surface area (Å²) in [6.07, 6.45) is 1.06. The molecule has 30 heavy (non-hydrogen) atoms. The van der Waals surface area contributed by atoms with Gasteiger partial charge in [-0.3, -0.25) is 4.79 Å². The topological polar surface area (TPSA) is 117 Å². The summed E-state index contributed by atoms with van der Waals surface area (Å²) in [5.74, 6) is 0.889. The molecule has 1 aliphatic heterocycles. The zero-order valence-corrected chi connectivity index (χ0v) is 17.9. The molecule has 0 saturated carbocycles. The average molecular weight is 431 g/mol. The minimum absolute atomic E-state index is 0.0101. The number of hydrogen-bond acceptors (Lipinski definition) is 7. The van der Waals surface area contributed by atoms with Gasteiger partial charge in [0, 0.05) is 22.7 Å². The molecule has 9 nitrogen and oxygen atoms in total. The predicted octanol–water partition coefficient (Wildman–Crippen LogP) is 2.48. The first-order valence-corrected chi connectivity index (χ1v) is 9.91. The second-order valence-corrected chi connectivity index (χ2v) is 7.69. The van der Waals surface area contributed by atoms with Crippen molar-refractivity contribution in [3.63, 3.8) is 0 Å². The molecule has 1 amide bonds. The lowest BCUT2D eigenvalue weighted by atomic mass is 9.94. The van der Waals surface area contributed by atoms with E-state index in [9.17, 15) is 4.79 Å². The standard InChI is InChI=1S/C20H23ClN6O3/c1-9-13(21)5-12(18(29-4)16(9)14-6-23-15(28)7-30-14)11(3)27-20-17(10(2)26-27)19(22)24-8-25-20/h5,8,11,14H,6-7H2,1-4H3,(H,23,28)(H2,22,24,25)/t11-,14?/m1/s1. The van der Waals surface area contributed by atoms with Crippen molar-refractivity contribution in [1.29, 1.82) is 0 Å². The first-order valence-electron chi connectivity index (χ1n) is 9.53. The molecule has 1 aliphatic rings. The summed E-state index contributed by atoms with van der Waals surface area (Å²) in [7, 11) is 1.61. The number of rotatable bonds is 4. The van der Waals surface area contributed by atoms with Gasteiger partial charge in [-0.25, -0.2) is 14.6 Å². The molecule has 3 N–H and O–H groups in total. The van der Waals surface area contributed by atoms with Crippen LogP contribution in [0.2, 0.25) is 5.02 Å². The Kier molecular flexibility index (Phi) is 5.25. The Hall–Kier alpha value is -2.91. The largest absolute Gasteiger partial charge is 0.496 e. The first-order chi connectivity index (χ1) is 14.3. The number of ether oxygens (including phenoxy) is 2. The second-order valence-electron chi connectivity index (χ2n) is 7.29. The molecule has 2 aromatic heterocycles. The monoisotopic (exact) mass is 430 g/mol. The SMILES string of the molecule is COc1c([C@@H](C)n2nc(C)c3c(N)ncnc32)cc(Cl)c(C)c1C1CNC(=O)CO1. The van der Waals surface area contributed by atoms with Gasteiger partial charge in [-0.1, -0.05) is 11.6 Å². The molecule has 1 fully saturated rings. The number of nitrogen functional groups attached to an aromatic ring is 1. The zero-order valence-electron chi connectivity index (χ0n) is 17.2. The van der Waals surface area contributed by atoms with Crippen molar-refractivity contribution in [2.75, 3.05) is 26.0 Å². The zero-order chi connectivity index (χ0) is 21.6. The van der Waals surface area contributed by atoms with Crippen molar-refractivity contribution < 1.29 is 14.3 Å². The number of methoxy groups -OCH3 is 1. The maximum atomic E-state index is 11.5. The lowest BCUT2D eigenvalue weighted by Crippen LogP contribution is -2.39. The van der Waals surface area contributed by atoms with Crippen LogP contribution < -0.4 is 15.8 Å². The number of hydrogen-bond donors (Lipinski definition) is 2. The average Bonchev–Trinajstić information content (AvgIpc) is 3.07. The molecular formula is C20H23ClN6O3. The van der Waals surface area contributed by atoms with Crippen LogP contribution in [0.3, 0.4) is 0 Å². The van der Waals surface area contributed by atoms with Gasteiger partial charge in [0.05, 0.1) is 24.2 Å². The molecule has 3 heterocycles. The lowest BCUT2D eigenvalue weighted by molar-refractivity contribution is -0.133. The summed E-state index contributed by atoms with van der Waals surface area (Å²) >= 11 is 6.60. The van der Waals surface area contributed by atoms with Crippen LogP contribution in [0.15, 0.2) is 12.4 Å². The number of nitrogens with zero attached hydrogens (tertiary/aromatic N) is 4. The number of aromatic nitrogens is 4. The summed E-state index contributed by atoms with van der Waals surface area (Å²) in [5, 5.41) is 8.79. The fourth-order valence-electron chi connectivity index (χ4n) is 3.94. The Bertz CT molecular complexity index is 1140. The maximum absolute atomic E-state index is 11.5. The van der Waals surface area contributed by atoms with Crippen LogP contribution in [0, 0.1) is 13.8 Å². The Morgan fingerprint density at radius 2 is 2.17 bits per heavy atom. The van der Waals surface area contributed by atoms with Crippen LogP contribution in [0.25, 0.3) is 11.0 Å². The molecular weight excluding hydrogens is 408 g/mol. The summed E-state index contributed by atoms with van der Waals surface area (Å²) < 4.78 is 13.4. The molecule has 0 aliphatic carbocycles. The van der Waals surface area contributed by atoms with E-state index >= 15 is 0 Å². The number of fused-ring (bicyclic) bond motifs is 1. The Labute approximate surface area is 178 Å². The van der Waals surface area contributed by atoms with Crippen LogP contribution in [0.4, 0.5) is 5.82 Å². The highest BCUT2D eigenvalue weighted by Gasteiger charge is 2.30. The normalized spacial score (nSPS) is 17.8. The van der Waals surface area contributed by atoms with E-state index in [0.717, 1.165) is 27.8 Å². The molecule has 0 bridgehead atoms. The van der Waals surface area contributed by atoms with E-state index in [1.165, 1.54) is 6.33 Å². The Balaban J connectivity index is 1.87. The van der Waals surface area contributed by atoms with Crippen LogP contribution in [-0.4, -0.2) is 45.9 Å². The molecule has 0 radical (unpaired) electrons. The summed E-state index contributed by atoms with van der Waals surface area (Å²) in [6, 6.07) is 1.61. The summed E-state index contributed by atoms with van der Waals surface area (Å²) in [4.78, 5) is 20.0. The molecule has 158 valence electrons. The van der Waals surface area contributed by atoms with Gasteiger partial charge in [0.25, 0.3) is 0 Å². The van der Waals surface area contributed by atoms with Crippen molar-refractivity contribution >= 4 is 34.4 Å². The Morgan fingerprint density at radius 1 is 1.40 bits per heavy atom. The minimum Gasteiger partial charge on any atom is -0.496 e. The van der Waals surface area contributed by atoms with Gasteiger partial charge in [-0.2, -0.15) is 5.10 Å². The predicted molar refractivity (Wildman–Crippen MR) is 113 cm³/mol. The lowest BCUT2D eigenvalue weighted by Gasteiger charge is -2.29. The van der Waals surface area contributed by atoms with Gasteiger partial charge in [-0.15, -0.1) is 0 Å². The number of nitrogens with one attached hydrogen (secondary N) is 1. The first kappa shape index (κ1) is 20.4. The number of carbonyl (C=O) groups is 1. The quantitative estimate of drug-likeness (QED) is 0.652. The minimum atomic E-state index is -0.364. The van der Waals surface area contributed by atoms with Crippen molar-refractivity contribution in [3.8, 4) is 5.75 Å². The number of nitrogens with two attached hydrogens (primary N) is 1. The third-order valence-electron chi connectivity index (χ3n) is 5.49. The smallest absolute Gasteiger partial charge is 0.246 e. The molecule has 4 rings (SSSR count). The van der Waals surface area contributed by atoms with Crippen molar-refractivity contribution in [3.05, 3.63) is 39.8 Å². The summed E-state index contributed by atoms with van der Waals surface area (Å²) in [6.45, 7) is 6.10. The number of carbonyl (C=O) groups excluding carboxylic acids is 1. The fourth-order valence-corrected chi connectivity index (χ4v) is 4.16. The van der Waals surface area contributed by atoms with Gasteiger partial charge < -0.3 is 20.5 Å². The fraction of sp³-hybridized carbons (Fsp3) is 0.400. The summed E-state index contributed by atoms with van der Waals surface area (Å²) in [5.41, 5.74) is 9.90. The van der Waals surface area contributed by atoms with Crippen molar-refractivity contribution in [1.82, 2.24) is 25.1 Å². The number of benzene rings is 1. The van der Waals surface area contributed by atoms with E-state index in [1.807, 2.05) is 26.8 Å². The molecule has 1 aromatic carbocycles. The van der Waals surface area contributed by atoms with E-state index in [4.69, 9.17) is 26.8 Å². The van der Waals surface area contributed by atoms with E-state index in [2.05, 4.69) is 20.4 Å². The van der Waals surface area contributed by atoms with Gasteiger partial charge in [0.2, 0.25) is 5.91 Å². The highest BCUT2D eigenvalue weighted by atomic mass is 35.5. The molecule has 0 spiro atoms. The number of anilines is 1. The van der Waals surface area contributed by atoms with E-state index in [1.54, 1.807) is 11.8 Å².